The lowest BCUT2D eigenvalue weighted by molar-refractivity contribution is 0.193. The van der Waals surface area contributed by atoms with Crippen molar-refractivity contribution in [3.63, 3.8) is 0 Å². The second-order valence-corrected chi connectivity index (χ2v) is 8.12. The SMILES string of the molecule is CCCn1ccc2cc(NC(=O)N3CCC(c4noc(C(C)C)n4)CC3)ccc21. The maximum atomic E-state index is 12.7. The van der Waals surface area contributed by atoms with Crippen molar-refractivity contribution in [2.75, 3.05) is 18.4 Å². The number of urea groups is 1. The molecule has 1 aliphatic rings. The van der Waals surface area contributed by atoms with Crippen LogP contribution in [-0.4, -0.2) is 38.7 Å². The first-order chi connectivity index (χ1) is 14.0. The van der Waals surface area contributed by atoms with Gasteiger partial charge in [0.15, 0.2) is 5.82 Å². The van der Waals surface area contributed by atoms with Gasteiger partial charge in [0, 0.05) is 54.3 Å². The summed E-state index contributed by atoms with van der Waals surface area (Å²) in [6, 6.07) is 8.15. The summed E-state index contributed by atoms with van der Waals surface area (Å²) in [4.78, 5) is 19.1. The normalized spacial score (nSPS) is 15.4. The highest BCUT2D eigenvalue weighted by atomic mass is 16.5. The summed E-state index contributed by atoms with van der Waals surface area (Å²) < 4.78 is 7.57. The number of aryl methyl sites for hydroxylation is 1. The van der Waals surface area contributed by atoms with E-state index in [2.05, 4.69) is 45.3 Å². The molecule has 29 heavy (non-hydrogen) atoms. The van der Waals surface area contributed by atoms with Crippen molar-refractivity contribution in [3.8, 4) is 0 Å². The molecule has 7 heteroatoms. The summed E-state index contributed by atoms with van der Waals surface area (Å²) >= 11 is 0. The third kappa shape index (κ3) is 4.13. The van der Waals surface area contributed by atoms with Crippen molar-refractivity contribution in [2.24, 2.45) is 0 Å². The van der Waals surface area contributed by atoms with Crippen LogP contribution in [0.4, 0.5) is 10.5 Å². The Hall–Kier alpha value is -2.83. The number of nitrogens with zero attached hydrogens (tertiary/aromatic N) is 4. The summed E-state index contributed by atoms with van der Waals surface area (Å²) in [7, 11) is 0. The van der Waals surface area contributed by atoms with Gasteiger partial charge in [-0.25, -0.2) is 4.79 Å². The standard InChI is InChI=1S/C22H29N5O2/c1-4-10-26-11-9-17-14-18(5-6-19(17)26)23-22(28)27-12-7-16(8-13-27)20-24-21(15(2)3)29-25-20/h5-6,9,11,14-16H,4,7-8,10,12-13H2,1-3H3,(H,23,28). The van der Waals surface area contributed by atoms with E-state index in [0.717, 1.165) is 42.7 Å². The molecule has 1 saturated heterocycles. The third-order valence-electron chi connectivity index (χ3n) is 5.59. The number of hydrogen-bond acceptors (Lipinski definition) is 4. The first-order valence-corrected chi connectivity index (χ1v) is 10.5. The van der Waals surface area contributed by atoms with Crippen molar-refractivity contribution >= 4 is 22.6 Å². The van der Waals surface area contributed by atoms with Crippen LogP contribution in [0.25, 0.3) is 10.9 Å². The van der Waals surface area contributed by atoms with Crippen molar-refractivity contribution in [3.05, 3.63) is 42.2 Å². The molecule has 154 valence electrons. The van der Waals surface area contributed by atoms with Crippen LogP contribution < -0.4 is 5.32 Å². The molecule has 1 aliphatic heterocycles. The van der Waals surface area contributed by atoms with Crippen molar-refractivity contribution < 1.29 is 9.32 Å². The van der Waals surface area contributed by atoms with E-state index in [1.807, 2.05) is 30.9 Å². The molecule has 0 radical (unpaired) electrons. The Morgan fingerprint density at radius 3 is 2.76 bits per heavy atom. The van der Waals surface area contributed by atoms with Gasteiger partial charge in [-0.15, -0.1) is 0 Å². The smallest absolute Gasteiger partial charge is 0.321 e. The zero-order chi connectivity index (χ0) is 20.4. The van der Waals surface area contributed by atoms with E-state index in [1.54, 1.807) is 0 Å². The van der Waals surface area contributed by atoms with Crippen molar-refractivity contribution in [1.29, 1.82) is 0 Å². The first kappa shape index (κ1) is 19.5. The highest BCUT2D eigenvalue weighted by molar-refractivity contribution is 5.93. The molecule has 7 nitrogen and oxygen atoms in total. The van der Waals surface area contributed by atoms with Crippen LogP contribution in [-0.2, 0) is 6.54 Å². The highest BCUT2D eigenvalue weighted by Crippen LogP contribution is 2.28. The van der Waals surface area contributed by atoms with Crippen LogP contribution in [0.5, 0.6) is 0 Å². The molecule has 0 aliphatic carbocycles. The largest absolute Gasteiger partial charge is 0.347 e. The molecule has 0 saturated carbocycles. The van der Waals surface area contributed by atoms with Gasteiger partial charge in [0.05, 0.1) is 0 Å². The third-order valence-corrected chi connectivity index (χ3v) is 5.59. The van der Waals surface area contributed by atoms with Crippen molar-refractivity contribution in [2.45, 2.75) is 58.4 Å². The Balaban J connectivity index is 1.35. The molecule has 0 bridgehead atoms. The van der Waals surface area contributed by atoms with Gasteiger partial charge in [-0.2, -0.15) is 4.98 Å². The molecule has 1 N–H and O–H groups in total. The van der Waals surface area contributed by atoms with Crippen LogP contribution in [0.15, 0.2) is 35.0 Å². The highest BCUT2D eigenvalue weighted by Gasteiger charge is 2.27. The lowest BCUT2D eigenvalue weighted by atomic mass is 9.96. The number of likely N-dealkylation sites (tertiary alicyclic amines) is 1. The van der Waals surface area contributed by atoms with Gasteiger partial charge in [-0.1, -0.05) is 25.9 Å². The van der Waals surface area contributed by atoms with Crippen molar-refractivity contribution in [1.82, 2.24) is 19.6 Å². The minimum absolute atomic E-state index is 0.0493. The van der Waals surface area contributed by atoms with Crippen LogP contribution >= 0.6 is 0 Å². The fourth-order valence-electron chi connectivity index (χ4n) is 3.90. The number of fused-ring (bicyclic) bond motifs is 1. The van der Waals surface area contributed by atoms with Gasteiger partial charge in [-0.3, -0.25) is 0 Å². The van der Waals surface area contributed by atoms with E-state index in [1.165, 1.54) is 5.52 Å². The minimum Gasteiger partial charge on any atom is -0.347 e. The molecule has 1 aromatic carbocycles. The second-order valence-electron chi connectivity index (χ2n) is 8.12. The average Bonchev–Trinajstić information content (AvgIpc) is 3.36. The van der Waals surface area contributed by atoms with Crippen LogP contribution in [0.1, 0.15) is 63.6 Å². The maximum Gasteiger partial charge on any atom is 0.321 e. The Morgan fingerprint density at radius 1 is 1.28 bits per heavy atom. The lowest BCUT2D eigenvalue weighted by Crippen LogP contribution is -2.40. The molecule has 1 fully saturated rings. The molecule has 0 spiro atoms. The first-order valence-electron chi connectivity index (χ1n) is 10.5. The maximum absolute atomic E-state index is 12.7. The summed E-state index contributed by atoms with van der Waals surface area (Å²) in [5, 5.41) is 8.33. The Morgan fingerprint density at radius 2 is 2.07 bits per heavy atom. The number of nitrogens with one attached hydrogen (secondary N) is 1. The number of aromatic nitrogens is 3. The number of amides is 2. The van der Waals surface area contributed by atoms with E-state index < -0.39 is 0 Å². The van der Waals surface area contributed by atoms with Gasteiger partial charge >= 0.3 is 6.03 Å². The van der Waals surface area contributed by atoms with Crippen LogP contribution in [0, 0.1) is 0 Å². The van der Waals surface area contributed by atoms with E-state index in [4.69, 9.17) is 4.52 Å². The van der Waals surface area contributed by atoms with Gasteiger partial charge in [0.2, 0.25) is 5.89 Å². The van der Waals surface area contributed by atoms with E-state index >= 15 is 0 Å². The van der Waals surface area contributed by atoms with Crippen LogP contribution in [0.2, 0.25) is 0 Å². The topological polar surface area (TPSA) is 76.2 Å². The number of carbonyl (C=O) groups is 1. The predicted molar refractivity (Wildman–Crippen MR) is 113 cm³/mol. The van der Waals surface area contributed by atoms with Gasteiger partial charge in [0.25, 0.3) is 0 Å². The van der Waals surface area contributed by atoms with E-state index in [-0.39, 0.29) is 17.9 Å². The molecule has 3 aromatic rings. The molecule has 2 amide bonds. The lowest BCUT2D eigenvalue weighted by Gasteiger charge is -2.30. The summed E-state index contributed by atoms with van der Waals surface area (Å²) in [6.07, 6.45) is 4.90. The number of carbonyl (C=O) groups excluding carboxylic acids is 1. The summed E-state index contributed by atoms with van der Waals surface area (Å²) in [6.45, 7) is 8.64. The number of rotatable bonds is 5. The fraction of sp³-hybridized carbons (Fsp3) is 0.500. The second kappa shape index (κ2) is 8.27. The predicted octanol–water partition coefficient (Wildman–Crippen LogP) is 4.97. The monoisotopic (exact) mass is 395 g/mol. The van der Waals surface area contributed by atoms with Crippen LogP contribution in [0.3, 0.4) is 0 Å². The summed E-state index contributed by atoms with van der Waals surface area (Å²) in [5.74, 6) is 1.95. The number of piperidine rings is 1. The van der Waals surface area contributed by atoms with E-state index in [0.29, 0.717) is 19.0 Å². The fourth-order valence-corrected chi connectivity index (χ4v) is 3.90. The number of anilines is 1. The van der Waals surface area contributed by atoms with E-state index in [9.17, 15) is 4.79 Å². The molecular weight excluding hydrogens is 366 g/mol. The molecule has 4 rings (SSSR count). The zero-order valence-electron chi connectivity index (χ0n) is 17.4. The Labute approximate surface area is 171 Å². The Bertz CT molecular complexity index is 982. The Kier molecular flexibility index (Phi) is 5.56. The molecule has 2 aromatic heterocycles. The quantitative estimate of drug-likeness (QED) is 0.662. The molecule has 0 unspecified atom stereocenters. The summed E-state index contributed by atoms with van der Waals surface area (Å²) in [5.41, 5.74) is 2.03. The molecular formula is C22H29N5O2. The van der Waals surface area contributed by atoms with Gasteiger partial charge in [0.1, 0.15) is 0 Å². The zero-order valence-corrected chi connectivity index (χ0v) is 17.4. The molecule has 3 heterocycles. The minimum atomic E-state index is -0.0493. The van der Waals surface area contributed by atoms with Gasteiger partial charge in [-0.05, 0) is 43.5 Å². The number of benzene rings is 1. The number of hydrogen-bond donors (Lipinski definition) is 1. The molecule has 0 atom stereocenters. The average molecular weight is 396 g/mol. The van der Waals surface area contributed by atoms with Gasteiger partial charge < -0.3 is 19.3 Å².